The van der Waals surface area contributed by atoms with E-state index < -0.39 is 23.3 Å². The molecule has 3 aromatic carbocycles. The Morgan fingerprint density at radius 2 is 1.22 bits per heavy atom. The zero-order valence-corrected chi connectivity index (χ0v) is 22.7. The van der Waals surface area contributed by atoms with E-state index in [-0.39, 0.29) is 37.0 Å². The van der Waals surface area contributed by atoms with Crippen molar-refractivity contribution in [3.8, 4) is 11.3 Å². The minimum Gasteiger partial charge on any atom is -0.247 e. The summed E-state index contributed by atoms with van der Waals surface area (Å²) in [5, 5.41) is 0.847. The van der Waals surface area contributed by atoms with Crippen molar-refractivity contribution in [2.75, 3.05) is 6.26 Å². The Morgan fingerprint density at radius 1 is 0.703 bits per heavy atom. The quantitative estimate of drug-likeness (QED) is 0.117. The minimum absolute atomic E-state index is 0.0972. The molecule has 0 spiro atoms. The van der Waals surface area contributed by atoms with Crippen molar-refractivity contribution >= 4 is 68.4 Å². The lowest BCUT2D eigenvalue weighted by atomic mass is 10.0. The topological polar surface area (TPSA) is 25.8 Å². The standard InChI is InChI=1S/C17H12ClF2NS.C10H5Cl2F2N/c1-9-16(18)15-12(20)7-10(19)8-13(15)21-17(9)11-5-3-4-6-14(11)22-2;1-4-9(11)8-6(14)2-5(13)3-7(8)15-10(4)12/h3-8H,1-2H3;2-3H,1H3. The van der Waals surface area contributed by atoms with Crippen molar-refractivity contribution in [3.05, 3.63) is 98.1 Å². The predicted octanol–water partition coefficient (Wildman–Crippen LogP) is 9.99. The molecule has 10 heteroatoms. The van der Waals surface area contributed by atoms with Crippen LogP contribution in [0.15, 0.2) is 53.4 Å². The van der Waals surface area contributed by atoms with Gasteiger partial charge in [-0.3, -0.25) is 0 Å². The Balaban J connectivity index is 0.000000186. The average molecular weight is 584 g/mol. The first-order valence-electron chi connectivity index (χ1n) is 10.7. The van der Waals surface area contributed by atoms with Gasteiger partial charge in [-0.05, 0) is 31.7 Å². The Bertz CT molecular complexity index is 1680. The fourth-order valence-electron chi connectivity index (χ4n) is 3.80. The third-order valence-electron chi connectivity index (χ3n) is 5.64. The highest BCUT2D eigenvalue weighted by atomic mass is 35.5. The average Bonchev–Trinajstić information content (AvgIpc) is 2.84. The zero-order valence-electron chi connectivity index (χ0n) is 19.6. The first-order valence-corrected chi connectivity index (χ1v) is 13.1. The Kier molecular flexibility index (Phi) is 8.19. The normalized spacial score (nSPS) is 11.1. The Hall–Kier alpha value is -2.58. The molecule has 2 heterocycles. The number of aromatic nitrogens is 2. The molecule has 0 aliphatic carbocycles. The molecule has 0 aliphatic rings. The van der Waals surface area contributed by atoms with E-state index in [1.54, 1.807) is 25.6 Å². The summed E-state index contributed by atoms with van der Waals surface area (Å²) >= 11 is 19.6. The van der Waals surface area contributed by atoms with Gasteiger partial charge < -0.3 is 0 Å². The number of benzene rings is 3. The van der Waals surface area contributed by atoms with E-state index in [0.29, 0.717) is 16.8 Å². The van der Waals surface area contributed by atoms with Gasteiger partial charge in [-0.2, -0.15) is 0 Å². The molecule has 0 saturated heterocycles. The molecule has 0 N–H and O–H groups in total. The van der Waals surface area contributed by atoms with Crippen LogP contribution >= 0.6 is 46.6 Å². The Morgan fingerprint density at radius 3 is 1.78 bits per heavy atom. The molecule has 0 aliphatic heterocycles. The molecule has 0 saturated carbocycles. The molecule has 37 heavy (non-hydrogen) atoms. The molecule has 0 fully saturated rings. The second-order valence-corrected chi connectivity index (χ2v) is 9.97. The zero-order chi connectivity index (χ0) is 27.0. The van der Waals surface area contributed by atoms with Crippen molar-refractivity contribution in [1.29, 1.82) is 0 Å². The van der Waals surface area contributed by atoms with Crippen LogP contribution in [0.25, 0.3) is 33.1 Å². The van der Waals surface area contributed by atoms with Crippen LogP contribution in [0.2, 0.25) is 15.2 Å². The van der Waals surface area contributed by atoms with E-state index >= 15 is 0 Å². The van der Waals surface area contributed by atoms with Crippen LogP contribution in [-0.4, -0.2) is 16.2 Å². The number of halogens is 7. The number of pyridine rings is 2. The Labute approximate surface area is 229 Å². The second-order valence-electron chi connectivity index (χ2n) is 8.00. The van der Waals surface area contributed by atoms with Crippen LogP contribution in [-0.2, 0) is 0 Å². The lowest BCUT2D eigenvalue weighted by Crippen LogP contribution is -1.96. The summed E-state index contributed by atoms with van der Waals surface area (Å²) in [6.07, 6.45) is 1.97. The third-order valence-corrected chi connectivity index (χ3v) is 7.75. The molecular formula is C27H17Cl3F4N2S. The van der Waals surface area contributed by atoms with Crippen molar-refractivity contribution in [3.63, 3.8) is 0 Å². The number of nitrogens with zero attached hydrogens (tertiary/aromatic N) is 2. The van der Waals surface area contributed by atoms with Crippen LogP contribution in [0.1, 0.15) is 11.1 Å². The van der Waals surface area contributed by atoms with Gasteiger partial charge >= 0.3 is 0 Å². The van der Waals surface area contributed by atoms with Crippen molar-refractivity contribution in [2.24, 2.45) is 0 Å². The molecule has 5 rings (SSSR count). The SMILES string of the molecule is CSc1ccccc1-c1nc2cc(F)cc(F)c2c(Cl)c1C.Cc1c(Cl)nc2cc(F)cc(F)c2c1Cl. The van der Waals surface area contributed by atoms with Gasteiger partial charge in [0.15, 0.2) is 0 Å². The van der Waals surface area contributed by atoms with Gasteiger partial charge in [-0.25, -0.2) is 27.5 Å². The summed E-state index contributed by atoms with van der Waals surface area (Å²) in [4.78, 5) is 9.35. The van der Waals surface area contributed by atoms with Crippen LogP contribution in [0, 0.1) is 37.1 Å². The fourth-order valence-corrected chi connectivity index (χ4v) is 5.18. The lowest BCUT2D eigenvalue weighted by molar-refractivity contribution is 0.590. The highest BCUT2D eigenvalue weighted by molar-refractivity contribution is 7.98. The molecule has 0 atom stereocenters. The highest BCUT2D eigenvalue weighted by Crippen LogP contribution is 2.38. The monoisotopic (exact) mass is 582 g/mol. The molecular weight excluding hydrogens is 567 g/mol. The summed E-state index contributed by atoms with van der Waals surface area (Å²) in [5.74, 6) is -2.80. The van der Waals surface area contributed by atoms with Gasteiger partial charge in [0.25, 0.3) is 0 Å². The number of thioether (sulfide) groups is 1. The van der Waals surface area contributed by atoms with Gasteiger partial charge in [0, 0.05) is 40.3 Å². The lowest BCUT2D eigenvalue weighted by Gasteiger charge is -2.13. The summed E-state index contributed by atoms with van der Waals surface area (Å²) in [5.41, 5.74) is 3.05. The van der Waals surface area contributed by atoms with Crippen LogP contribution in [0.3, 0.4) is 0 Å². The van der Waals surface area contributed by atoms with E-state index in [1.165, 1.54) is 6.07 Å². The first kappa shape index (κ1) is 27.5. The highest BCUT2D eigenvalue weighted by Gasteiger charge is 2.18. The summed E-state index contributed by atoms with van der Waals surface area (Å²) in [6, 6.07) is 11.6. The van der Waals surface area contributed by atoms with E-state index in [4.69, 9.17) is 34.8 Å². The van der Waals surface area contributed by atoms with Gasteiger partial charge in [0.2, 0.25) is 0 Å². The molecule has 5 aromatic rings. The predicted molar refractivity (Wildman–Crippen MR) is 145 cm³/mol. The number of fused-ring (bicyclic) bond motifs is 2. The number of hydrogen-bond donors (Lipinski definition) is 0. The maximum Gasteiger partial charge on any atom is 0.137 e. The van der Waals surface area contributed by atoms with Crippen LogP contribution < -0.4 is 0 Å². The van der Waals surface area contributed by atoms with Gasteiger partial charge in [-0.1, -0.05) is 53.0 Å². The summed E-state index contributed by atoms with van der Waals surface area (Å²) < 4.78 is 53.8. The molecule has 190 valence electrons. The van der Waals surface area contributed by atoms with E-state index in [2.05, 4.69) is 9.97 Å². The van der Waals surface area contributed by atoms with Crippen molar-refractivity contribution in [1.82, 2.24) is 9.97 Å². The van der Waals surface area contributed by atoms with Crippen LogP contribution in [0.5, 0.6) is 0 Å². The molecule has 2 aromatic heterocycles. The molecule has 0 radical (unpaired) electrons. The fraction of sp³-hybridized carbons (Fsp3) is 0.111. The summed E-state index contributed by atoms with van der Waals surface area (Å²) in [7, 11) is 0. The van der Waals surface area contributed by atoms with Crippen molar-refractivity contribution in [2.45, 2.75) is 18.7 Å². The number of hydrogen-bond acceptors (Lipinski definition) is 3. The summed E-state index contributed by atoms with van der Waals surface area (Å²) in [6.45, 7) is 3.42. The molecule has 0 unspecified atom stereocenters. The molecule has 0 bridgehead atoms. The van der Waals surface area contributed by atoms with Gasteiger partial charge in [0.05, 0.1) is 37.5 Å². The second kappa shape index (κ2) is 11.0. The van der Waals surface area contributed by atoms with E-state index in [0.717, 1.165) is 28.7 Å². The van der Waals surface area contributed by atoms with Gasteiger partial charge in [0.1, 0.15) is 28.4 Å². The third kappa shape index (κ3) is 5.36. The maximum absolute atomic E-state index is 14.0. The van der Waals surface area contributed by atoms with Crippen molar-refractivity contribution < 1.29 is 17.6 Å². The van der Waals surface area contributed by atoms with E-state index in [9.17, 15) is 17.6 Å². The maximum atomic E-state index is 14.0. The van der Waals surface area contributed by atoms with Gasteiger partial charge in [-0.15, -0.1) is 11.8 Å². The van der Waals surface area contributed by atoms with E-state index in [1.807, 2.05) is 30.5 Å². The number of rotatable bonds is 2. The molecule has 2 nitrogen and oxygen atoms in total. The largest absolute Gasteiger partial charge is 0.247 e. The van der Waals surface area contributed by atoms with Crippen LogP contribution in [0.4, 0.5) is 17.6 Å². The smallest absolute Gasteiger partial charge is 0.137 e. The minimum atomic E-state index is -0.734. The molecule has 0 amide bonds. The first-order chi connectivity index (χ1) is 17.5.